The molecular formula is C21H14N2O3. The van der Waals surface area contributed by atoms with Crippen LogP contribution in [0.3, 0.4) is 0 Å². The normalized spacial score (nSPS) is 17.8. The summed E-state index contributed by atoms with van der Waals surface area (Å²) < 4.78 is 6.72. The summed E-state index contributed by atoms with van der Waals surface area (Å²) in [5.74, 6) is -0.333. The fourth-order valence-corrected chi connectivity index (χ4v) is 4.47. The van der Waals surface area contributed by atoms with Gasteiger partial charge in [0.1, 0.15) is 6.26 Å². The molecule has 0 bridgehead atoms. The van der Waals surface area contributed by atoms with Crippen molar-refractivity contribution in [2.75, 3.05) is 0 Å². The van der Waals surface area contributed by atoms with Crippen LogP contribution in [0.2, 0.25) is 0 Å². The smallest absolute Gasteiger partial charge is 0.315 e. The molecule has 2 aromatic rings. The van der Waals surface area contributed by atoms with Crippen LogP contribution in [-0.2, 0) is 28.9 Å². The summed E-state index contributed by atoms with van der Waals surface area (Å²) in [6.07, 6.45) is 11.8. The molecule has 0 fully saturated rings. The highest BCUT2D eigenvalue weighted by atomic mass is 16.5. The summed E-state index contributed by atoms with van der Waals surface area (Å²) in [6, 6.07) is 1.93. The van der Waals surface area contributed by atoms with Crippen molar-refractivity contribution >= 4 is 23.9 Å². The molecule has 126 valence electrons. The lowest BCUT2D eigenvalue weighted by molar-refractivity contribution is -0.135. The largest absolute Gasteiger partial charge is 0.433 e. The van der Waals surface area contributed by atoms with Gasteiger partial charge in [-0.2, -0.15) is 0 Å². The maximum atomic E-state index is 13.0. The standard InChI is InChI=1S/C21H14N2O3/c24-18-8-12-7-17-20-14(9-23(17)21(25)15(12)10-26-18)13-5-1-3-11-4-2-6-16(22-20)19(11)13/h1-3,6-7,10H,4-5,8-9H2. The molecule has 4 aliphatic rings. The van der Waals surface area contributed by atoms with Crippen molar-refractivity contribution in [1.82, 2.24) is 9.55 Å². The summed E-state index contributed by atoms with van der Waals surface area (Å²) in [5.41, 5.74) is 5.31. The first-order valence-corrected chi connectivity index (χ1v) is 8.75. The van der Waals surface area contributed by atoms with E-state index in [4.69, 9.17) is 9.72 Å². The first-order chi connectivity index (χ1) is 12.7. The molecule has 0 unspecified atom stereocenters. The number of pyridine rings is 2. The summed E-state index contributed by atoms with van der Waals surface area (Å²) in [6.45, 7) is 0.527. The average Bonchev–Trinajstić information content (AvgIpc) is 3.01. The molecule has 0 saturated carbocycles. The molecular weight excluding hydrogens is 328 g/mol. The molecule has 0 spiro atoms. The number of hydrogen-bond donors (Lipinski definition) is 0. The first-order valence-electron chi connectivity index (χ1n) is 8.75. The van der Waals surface area contributed by atoms with Gasteiger partial charge in [-0.15, -0.1) is 0 Å². The van der Waals surface area contributed by atoms with Crippen molar-refractivity contribution in [3.8, 4) is 0 Å². The zero-order valence-electron chi connectivity index (χ0n) is 13.9. The van der Waals surface area contributed by atoms with Crippen LogP contribution in [-0.4, -0.2) is 15.5 Å². The van der Waals surface area contributed by atoms with Crippen molar-refractivity contribution in [3.63, 3.8) is 0 Å². The van der Waals surface area contributed by atoms with Crippen molar-refractivity contribution in [2.24, 2.45) is 0 Å². The van der Waals surface area contributed by atoms with Gasteiger partial charge in [-0.25, -0.2) is 4.98 Å². The van der Waals surface area contributed by atoms with Crippen molar-refractivity contribution < 1.29 is 9.53 Å². The van der Waals surface area contributed by atoms with Crippen LogP contribution in [0.5, 0.6) is 0 Å². The Morgan fingerprint density at radius 3 is 2.88 bits per heavy atom. The van der Waals surface area contributed by atoms with E-state index < -0.39 is 0 Å². The van der Waals surface area contributed by atoms with E-state index in [0.717, 1.165) is 40.4 Å². The van der Waals surface area contributed by atoms with Gasteiger partial charge in [-0.1, -0.05) is 18.2 Å². The molecule has 2 aliphatic carbocycles. The molecule has 0 saturated heterocycles. The second kappa shape index (κ2) is 4.69. The van der Waals surface area contributed by atoms with Gasteiger partial charge in [-0.05, 0) is 41.7 Å². The van der Waals surface area contributed by atoms with Crippen LogP contribution < -0.4 is 16.0 Å². The van der Waals surface area contributed by atoms with Crippen LogP contribution in [0.15, 0.2) is 29.1 Å². The Morgan fingerprint density at radius 2 is 1.96 bits per heavy atom. The Bertz CT molecular complexity index is 1390. The molecule has 26 heavy (non-hydrogen) atoms. The highest BCUT2D eigenvalue weighted by Gasteiger charge is 2.24. The molecule has 0 atom stereocenters. The SMILES string of the molecule is O=C1Cc2cc3n(c(=O)c2=CO1)Cc1c2c4c(nc1=3)C=CCC=4C=CC2. The zero-order valence-corrected chi connectivity index (χ0v) is 13.9. The number of aromatic nitrogens is 2. The van der Waals surface area contributed by atoms with Gasteiger partial charge in [0.25, 0.3) is 5.56 Å². The quantitative estimate of drug-likeness (QED) is 0.555. The molecule has 0 radical (unpaired) electrons. The van der Waals surface area contributed by atoms with Crippen molar-refractivity contribution in [2.45, 2.75) is 25.8 Å². The third-order valence-electron chi connectivity index (χ3n) is 5.64. The van der Waals surface area contributed by atoms with Crippen LogP contribution in [0.4, 0.5) is 0 Å². The highest BCUT2D eigenvalue weighted by Crippen LogP contribution is 2.23. The van der Waals surface area contributed by atoms with E-state index in [9.17, 15) is 9.59 Å². The Hall–Kier alpha value is -3.21. The van der Waals surface area contributed by atoms with E-state index in [1.807, 2.05) is 6.07 Å². The summed E-state index contributed by atoms with van der Waals surface area (Å²) in [5, 5.41) is 3.40. The Balaban J connectivity index is 1.81. The van der Waals surface area contributed by atoms with Crippen LogP contribution in [0.25, 0.3) is 17.9 Å². The minimum absolute atomic E-state index is 0.112. The average molecular weight is 342 g/mol. The number of hydrogen-bond acceptors (Lipinski definition) is 4. The zero-order chi connectivity index (χ0) is 17.4. The number of ether oxygens (including phenoxy) is 1. The lowest BCUT2D eigenvalue weighted by Crippen LogP contribution is -2.40. The molecule has 5 heteroatoms. The molecule has 6 rings (SSSR count). The number of nitrogens with zero attached hydrogens (tertiary/aromatic N) is 2. The maximum Gasteiger partial charge on any atom is 0.315 e. The third kappa shape index (κ3) is 1.67. The van der Waals surface area contributed by atoms with Crippen molar-refractivity contribution in [3.05, 3.63) is 78.2 Å². The highest BCUT2D eigenvalue weighted by molar-refractivity contribution is 5.77. The number of esters is 1. The van der Waals surface area contributed by atoms with Gasteiger partial charge in [-0.3, -0.25) is 9.59 Å². The Kier molecular flexibility index (Phi) is 2.53. The van der Waals surface area contributed by atoms with E-state index in [2.05, 4.69) is 24.3 Å². The summed E-state index contributed by atoms with van der Waals surface area (Å²) in [4.78, 5) is 29.5. The minimum Gasteiger partial charge on any atom is -0.433 e. The molecule has 5 nitrogen and oxygen atoms in total. The monoisotopic (exact) mass is 342 g/mol. The second-order valence-electron chi connectivity index (χ2n) is 7.06. The summed E-state index contributed by atoms with van der Waals surface area (Å²) in [7, 11) is 0. The van der Waals surface area contributed by atoms with Gasteiger partial charge < -0.3 is 9.30 Å². The second-order valence-corrected chi connectivity index (χ2v) is 7.06. The molecule has 4 heterocycles. The molecule has 2 aliphatic heterocycles. The molecule has 0 amide bonds. The number of carbonyl (C=O) groups excluding carboxylic acids is 1. The van der Waals surface area contributed by atoms with Crippen molar-refractivity contribution in [1.29, 1.82) is 0 Å². The Labute approximate surface area is 147 Å². The number of fused-ring (bicyclic) bond motifs is 4. The van der Waals surface area contributed by atoms with E-state index in [-0.39, 0.29) is 17.9 Å². The van der Waals surface area contributed by atoms with Gasteiger partial charge in [0, 0.05) is 10.8 Å². The van der Waals surface area contributed by atoms with Gasteiger partial charge in [0.15, 0.2) is 0 Å². The maximum absolute atomic E-state index is 13.0. The number of carbonyl (C=O) groups is 1. The van der Waals surface area contributed by atoms with Crippen LogP contribution in [0, 0.1) is 10.7 Å². The minimum atomic E-state index is -0.333. The van der Waals surface area contributed by atoms with Gasteiger partial charge in [0.05, 0.1) is 34.6 Å². The Morgan fingerprint density at radius 1 is 1.08 bits per heavy atom. The molecule has 0 aromatic carbocycles. The predicted molar refractivity (Wildman–Crippen MR) is 95.1 cm³/mol. The van der Waals surface area contributed by atoms with Crippen LogP contribution in [0.1, 0.15) is 28.8 Å². The number of cyclic esters (lactones) is 1. The lowest BCUT2D eigenvalue weighted by Gasteiger charge is -2.17. The van der Waals surface area contributed by atoms with E-state index >= 15 is 0 Å². The first kappa shape index (κ1) is 14.0. The molecule has 2 aromatic heterocycles. The van der Waals surface area contributed by atoms with Crippen LogP contribution >= 0.6 is 0 Å². The predicted octanol–water partition coefficient (Wildman–Crippen LogP) is 0.409. The van der Waals surface area contributed by atoms with Gasteiger partial charge >= 0.3 is 5.97 Å². The third-order valence-corrected chi connectivity index (χ3v) is 5.64. The van der Waals surface area contributed by atoms with E-state index in [1.165, 1.54) is 22.6 Å². The number of allylic oxidation sites excluding steroid dienone is 3. The molecule has 0 N–H and O–H groups in total. The fourth-order valence-electron chi connectivity index (χ4n) is 4.47. The van der Waals surface area contributed by atoms with Gasteiger partial charge in [0.2, 0.25) is 0 Å². The topological polar surface area (TPSA) is 61.2 Å². The summed E-state index contributed by atoms with van der Waals surface area (Å²) >= 11 is 0. The number of rotatable bonds is 0. The fraction of sp³-hybridized carbons (Fsp3) is 0.190. The van der Waals surface area contributed by atoms with E-state index in [1.54, 1.807) is 4.57 Å². The van der Waals surface area contributed by atoms with E-state index in [0.29, 0.717) is 11.8 Å². The lowest BCUT2D eigenvalue weighted by atomic mass is 9.90.